The van der Waals surface area contributed by atoms with Gasteiger partial charge in [0.05, 0.1) is 23.1 Å². The van der Waals surface area contributed by atoms with Gasteiger partial charge in [0.1, 0.15) is 0 Å². The molecule has 2 N–H and O–H groups in total. The third-order valence-electron chi connectivity index (χ3n) is 5.07. The number of benzene rings is 1. The molecule has 148 valence electrons. The van der Waals surface area contributed by atoms with Crippen molar-refractivity contribution in [2.75, 3.05) is 26.3 Å². The fourth-order valence-electron chi connectivity index (χ4n) is 3.45. The number of carbonyl (C=O) groups is 2. The van der Waals surface area contributed by atoms with Crippen molar-refractivity contribution in [3.63, 3.8) is 0 Å². The van der Waals surface area contributed by atoms with Crippen LogP contribution in [0, 0.1) is 5.92 Å². The minimum atomic E-state index is -3.69. The lowest BCUT2D eigenvalue weighted by Crippen LogP contribution is -2.47. The maximum Gasteiger partial charge on any atom is 0.335 e. The number of aromatic carboxylic acids is 1. The number of rotatable bonds is 5. The molecule has 1 amide bonds. The predicted molar refractivity (Wildman–Crippen MR) is 96.9 cm³/mol. The van der Waals surface area contributed by atoms with Crippen molar-refractivity contribution in [1.82, 2.24) is 9.62 Å². The van der Waals surface area contributed by atoms with Gasteiger partial charge >= 0.3 is 5.97 Å². The maximum absolute atomic E-state index is 12.7. The van der Waals surface area contributed by atoms with Crippen LogP contribution in [0.2, 0.25) is 0 Å². The van der Waals surface area contributed by atoms with Gasteiger partial charge in [-0.1, -0.05) is 0 Å². The van der Waals surface area contributed by atoms with Gasteiger partial charge in [-0.3, -0.25) is 4.79 Å². The number of piperidine rings is 1. The number of hydrogen-bond acceptors (Lipinski definition) is 5. The van der Waals surface area contributed by atoms with E-state index in [2.05, 4.69) is 5.32 Å². The summed E-state index contributed by atoms with van der Waals surface area (Å²) in [5.74, 6) is -1.34. The highest BCUT2D eigenvalue weighted by Gasteiger charge is 2.33. The van der Waals surface area contributed by atoms with E-state index in [1.165, 1.54) is 28.6 Å². The van der Waals surface area contributed by atoms with E-state index in [0.717, 1.165) is 19.4 Å². The van der Waals surface area contributed by atoms with Crippen molar-refractivity contribution in [2.45, 2.75) is 36.6 Å². The molecule has 2 saturated heterocycles. The molecule has 0 aromatic heterocycles. The van der Waals surface area contributed by atoms with Gasteiger partial charge in [-0.15, -0.1) is 0 Å². The fourth-order valence-corrected chi connectivity index (χ4v) is 4.92. The molecule has 8 nitrogen and oxygen atoms in total. The Balaban J connectivity index is 1.57. The van der Waals surface area contributed by atoms with Crippen molar-refractivity contribution in [3.05, 3.63) is 29.8 Å². The van der Waals surface area contributed by atoms with Crippen LogP contribution in [0.25, 0.3) is 0 Å². The van der Waals surface area contributed by atoms with E-state index in [-0.39, 0.29) is 41.4 Å². The Bertz CT molecular complexity index is 779. The Morgan fingerprint density at radius 2 is 1.78 bits per heavy atom. The molecule has 2 heterocycles. The first kappa shape index (κ1) is 19.8. The van der Waals surface area contributed by atoms with E-state index in [0.29, 0.717) is 19.4 Å². The predicted octanol–water partition coefficient (Wildman–Crippen LogP) is 1.08. The SMILES string of the molecule is O=C(O)c1ccc(S(=O)(=O)N2CCC(C(=O)NC3CCCOC3)CC2)cc1. The molecule has 2 aliphatic rings. The van der Waals surface area contributed by atoms with Gasteiger partial charge in [0.15, 0.2) is 0 Å². The van der Waals surface area contributed by atoms with Crippen LogP contribution in [0.1, 0.15) is 36.0 Å². The number of carboxylic acids is 1. The largest absolute Gasteiger partial charge is 0.478 e. The Labute approximate surface area is 158 Å². The van der Waals surface area contributed by atoms with E-state index in [1.54, 1.807) is 0 Å². The zero-order chi connectivity index (χ0) is 19.4. The minimum absolute atomic E-state index is 0.0339. The Kier molecular flexibility index (Phi) is 6.13. The van der Waals surface area contributed by atoms with Gasteiger partial charge in [-0.2, -0.15) is 4.31 Å². The first-order chi connectivity index (χ1) is 12.9. The molecule has 2 fully saturated rings. The molecule has 0 radical (unpaired) electrons. The summed E-state index contributed by atoms with van der Waals surface area (Å²) in [6.07, 6.45) is 2.77. The molecule has 3 rings (SSSR count). The van der Waals surface area contributed by atoms with Crippen LogP contribution < -0.4 is 5.32 Å². The standard InChI is InChI=1S/C18H24N2O6S/c21-17(19-15-2-1-11-26-12-15)13-7-9-20(10-8-13)27(24,25)16-5-3-14(4-6-16)18(22)23/h3-6,13,15H,1-2,7-12H2,(H,19,21)(H,22,23). The Morgan fingerprint density at radius 1 is 1.11 bits per heavy atom. The normalized spacial score (nSPS) is 22.3. The molecule has 27 heavy (non-hydrogen) atoms. The van der Waals surface area contributed by atoms with Crippen molar-refractivity contribution in [2.24, 2.45) is 5.92 Å². The number of carbonyl (C=O) groups excluding carboxylic acids is 1. The van der Waals surface area contributed by atoms with Crippen molar-refractivity contribution in [3.8, 4) is 0 Å². The molecule has 1 unspecified atom stereocenters. The maximum atomic E-state index is 12.7. The molecule has 0 bridgehead atoms. The zero-order valence-electron chi connectivity index (χ0n) is 15.0. The summed E-state index contributed by atoms with van der Waals surface area (Å²) in [6.45, 7) is 1.80. The average Bonchev–Trinajstić information content (AvgIpc) is 2.69. The lowest BCUT2D eigenvalue weighted by atomic mass is 9.96. The highest BCUT2D eigenvalue weighted by Crippen LogP contribution is 2.24. The average molecular weight is 396 g/mol. The van der Waals surface area contributed by atoms with Crippen LogP contribution in [0.15, 0.2) is 29.2 Å². The van der Waals surface area contributed by atoms with E-state index in [9.17, 15) is 18.0 Å². The summed E-state index contributed by atoms with van der Waals surface area (Å²) in [7, 11) is -3.69. The fraction of sp³-hybridized carbons (Fsp3) is 0.556. The number of amides is 1. The zero-order valence-corrected chi connectivity index (χ0v) is 15.8. The van der Waals surface area contributed by atoms with Crippen LogP contribution in [-0.2, 0) is 19.6 Å². The number of hydrogen-bond donors (Lipinski definition) is 2. The van der Waals surface area contributed by atoms with Gasteiger partial charge in [0, 0.05) is 25.6 Å². The van der Waals surface area contributed by atoms with Crippen molar-refractivity contribution in [1.29, 1.82) is 0 Å². The highest BCUT2D eigenvalue weighted by atomic mass is 32.2. The third kappa shape index (κ3) is 4.66. The monoisotopic (exact) mass is 396 g/mol. The molecule has 1 aromatic rings. The van der Waals surface area contributed by atoms with Gasteiger partial charge < -0.3 is 15.2 Å². The second-order valence-electron chi connectivity index (χ2n) is 6.93. The van der Waals surface area contributed by atoms with Gasteiger partial charge in [0.25, 0.3) is 0 Å². The molecule has 2 aliphatic heterocycles. The van der Waals surface area contributed by atoms with E-state index < -0.39 is 16.0 Å². The molecule has 9 heteroatoms. The number of carboxylic acid groups (broad SMARTS) is 1. The summed E-state index contributed by atoms with van der Waals surface area (Å²) in [4.78, 5) is 23.4. The Morgan fingerprint density at radius 3 is 2.33 bits per heavy atom. The summed E-state index contributed by atoms with van der Waals surface area (Å²) in [5.41, 5.74) is 0.0380. The molecule has 0 saturated carbocycles. The molecule has 1 aromatic carbocycles. The summed E-state index contributed by atoms with van der Waals surface area (Å²) >= 11 is 0. The van der Waals surface area contributed by atoms with Crippen LogP contribution >= 0.6 is 0 Å². The number of sulfonamides is 1. The topological polar surface area (TPSA) is 113 Å². The Hall–Kier alpha value is -1.97. The second-order valence-corrected chi connectivity index (χ2v) is 8.87. The number of nitrogens with zero attached hydrogens (tertiary/aromatic N) is 1. The quantitative estimate of drug-likeness (QED) is 0.770. The van der Waals surface area contributed by atoms with E-state index in [1.807, 2.05) is 0 Å². The highest BCUT2D eigenvalue weighted by molar-refractivity contribution is 7.89. The lowest BCUT2D eigenvalue weighted by molar-refractivity contribution is -0.127. The lowest BCUT2D eigenvalue weighted by Gasteiger charge is -2.32. The molecular weight excluding hydrogens is 372 g/mol. The number of ether oxygens (including phenoxy) is 1. The summed E-state index contributed by atoms with van der Waals surface area (Å²) in [6, 6.07) is 5.21. The van der Waals surface area contributed by atoms with E-state index in [4.69, 9.17) is 9.84 Å². The van der Waals surface area contributed by atoms with E-state index >= 15 is 0 Å². The molecule has 1 atom stereocenters. The van der Waals surface area contributed by atoms with Gasteiger partial charge in [-0.25, -0.2) is 13.2 Å². The first-order valence-corrected chi connectivity index (χ1v) is 10.5. The molecular formula is C18H24N2O6S. The summed E-state index contributed by atoms with van der Waals surface area (Å²) in [5, 5.41) is 11.9. The second kappa shape index (κ2) is 8.37. The molecule has 0 spiro atoms. The third-order valence-corrected chi connectivity index (χ3v) is 6.98. The minimum Gasteiger partial charge on any atom is -0.478 e. The van der Waals surface area contributed by atoms with Gasteiger partial charge in [-0.05, 0) is 49.9 Å². The van der Waals surface area contributed by atoms with Crippen LogP contribution in [0.3, 0.4) is 0 Å². The smallest absolute Gasteiger partial charge is 0.335 e. The van der Waals surface area contributed by atoms with Crippen LogP contribution in [0.5, 0.6) is 0 Å². The van der Waals surface area contributed by atoms with Crippen molar-refractivity contribution < 1.29 is 27.9 Å². The molecule has 0 aliphatic carbocycles. The van der Waals surface area contributed by atoms with Gasteiger partial charge in [0.2, 0.25) is 15.9 Å². The number of nitrogens with one attached hydrogen (secondary N) is 1. The van der Waals surface area contributed by atoms with Crippen LogP contribution in [-0.4, -0.2) is 62.1 Å². The summed E-state index contributed by atoms with van der Waals surface area (Å²) < 4.78 is 32.2. The van der Waals surface area contributed by atoms with Crippen molar-refractivity contribution >= 4 is 21.9 Å². The van der Waals surface area contributed by atoms with Crippen LogP contribution in [0.4, 0.5) is 0 Å². The first-order valence-electron chi connectivity index (χ1n) is 9.09.